The Balaban J connectivity index is 2.29. The summed E-state index contributed by atoms with van der Waals surface area (Å²) in [7, 11) is 4.06. The lowest BCUT2D eigenvalue weighted by atomic mass is 9.87. The molecular weight excluding hydrogens is 282 g/mol. The fraction of sp³-hybridized carbons (Fsp3) is 0.600. The van der Waals surface area contributed by atoms with E-state index in [2.05, 4.69) is 54.4 Å². The molecule has 116 valence electrons. The summed E-state index contributed by atoms with van der Waals surface area (Å²) < 4.78 is 1.88. The van der Waals surface area contributed by atoms with Gasteiger partial charge in [-0.3, -0.25) is 9.58 Å². The van der Waals surface area contributed by atoms with Gasteiger partial charge in [0.1, 0.15) is 0 Å². The number of rotatable bonds is 5. The maximum absolute atomic E-state index is 6.06. The van der Waals surface area contributed by atoms with Crippen LogP contribution in [0.2, 0.25) is 0 Å². The predicted octanol–water partition coefficient (Wildman–Crippen LogP) is 2.31. The van der Waals surface area contributed by atoms with Crippen molar-refractivity contribution in [2.75, 3.05) is 13.6 Å². The molecule has 2 heterocycles. The van der Waals surface area contributed by atoms with Gasteiger partial charge in [0.15, 0.2) is 0 Å². The van der Waals surface area contributed by atoms with Gasteiger partial charge in [0, 0.05) is 42.7 Å². The second-order valence-corrected chi connectivity index (χ2v) is 7.22. The van der Waals surface area contributed by atoms with Crippen molar-refractivity contribution in [2.45, 2.75) is 38.8 Å². The van der Waals surface area contributed by atoms with E-state index in [4.69, 9.17) is 5.73 Å². The fourth-order valence-electron chi connectivity index (χ4n) is 2.56. The van der Waals surface area contributed by atoms with Crippen LogP contribution in [-0.2, 0) is 19.0 Å². The lowest BCUT2D eigenvalue weighted by Crippen LogP contribution is -2.32. The standard InChI is InChI=1S/C15H25N5S/c1-15(2,3)14-12(8-20(5)18-14)13(6-16)19(4)7-11-9-21-10-17-11/h8-10,13H,6-7,16H2,1-5H3. The number of thiazole rings is 1. The van der Waals surface area contributed by atoms with E-state index >= 15 is 0 Å². The van der Waals surface area contributed by atoms with Gasteiger partial charge >= 0.3 is 0 Å². The molecule has 5 nitrogen and oxygen atoms in total. The Labute approximate surface area is 130 Å². The third-order valence-electron chi connectivity index (χ3n) is 3.58. The number of likely N-dealkylation sites (N-methyl/N-ethyl adjacent to an activating group) is 1. The quantitative estimate of drug-likeness (QED) is 0.921. The summed E-state index contributed by atoms with van der Waals surface area (Å²) in [6.07, 6.45) is 2.09. The molecule has 2 N–H and O–H groups in total. The minimum Gasteiger partial charge on any atom is -0.329 e. The molecule has 0 aromatic carbocycles. The number of nitrogens with zero attached hydrogens (tertiary/aromatic N) is 4. The summed E-state index contributed by atoms with van der Waals surface area (Å²) in [4.78, 5) is 6.61. The molecule has 0 aliphatic carbocycles. The molecule has 2 aromatic rings. The highest BCUT2D eigenvalue weighted by atomic mass is 32.1. The van der Waals surface area contributed by atoms with Crippen LogP contribution in [0.1, 0.15) is 43.8 Å². The van der Waals surface area contributed by atoms with Gasteiger partial charge in [-0.1, -0.05) is 20.8 Å². The first-order valence-corrected chi connectivity index (χ1v) is 8.08. The van der Waals surface area contributed by atoms with Crippen molar-refractivity contribution in [1.82, 2.24) is 19.7 Å². The van der Waals surface area contributed by atoms with Crippen LogP contribution in [0.15, 0.2) is 17.1 Å². The zero-order valence-corrected chi connectivity index (χ0v) is 14.3. The lowest BCUT2D eigenvalue weighted by Gasteiger charge is -2.28. The highest BCUT2D eigenvalue weighted by Gasteiger charge is 2.28. The van der Waals surface area contributed by atoms with Crippen LogP contribution in [0, 0.1) is 0 Å². The Kier molecular flexibility index (Phi) is 4.81. The second-order valence-electron chi connectivity index (χ2n) is 6.50. The molecular formula is C15H25N5S. The number of hydrogen-bond acceptors (Lipinski definition) is 5. The Hall–Kier alpha value is -1.24. The van der Waals surface area contributed by atoms with Crippen LogP contribution in [0.5, 0.6) is 0 Å². The maximum atomic E-state index is 6.06. The Bertz CT molecular complexity index is 567. The number of aryl methyl sites for hydroxylation is 1. The second kappa shape index (κ2) is 6.25. The Morgan fingerprint density at radius 1 is 1.43 bits per heavy atom. The fourth-order valence-corrected chi connectivity index (χ4v) is 3.11. The molecule has 0 fully saturated rings. The smallest absolute Gasteiger partial charge is 0.0795 e. The highest BCUT2D eigenvalue weighted by Crippen LogP contribution is 2.30. The predicted molar refractivity (Wildman–Crippen MR) is 87.3 cm³/mol. The molecule has 0 bridgehead atoms. The normalized spacial score (nSPS) is 13.9. The van der Waals surface area contributed by atoms with E-state index in [-0.39, 0.29) is 11.5 Å². The van der Waals surface area contributed by atoms with Crippen LogP contribution in [0.25, 0.3) is 0 Å². The van der Waals surface area contributed by atoms with Crippen molar-refractivity contribution in [1.29, 1.82) is 0 Å². The lowest BCUT2D eigenvalue weighted by molar-refractivity contribution is 0.237. The summed E-state index contributed by atoms with van der Waals surface area (Å²) in [5.41, 5.74) is 11.3. The van der Waals surface area contributed by atoms with E-state index in [1.165, 1.54) is 5.56 Å². The van der Waals surface area contributed by atoms with Gasteiger partial charge in [-0.05, 0) is 7.05 Å². The van der Waals surface area contributed by atoms with Crippen molar-refractivity contribution < 1.29 is 0 Å². The van der Waals surface area contributed by atoms with Crippen LogP contribution in [0.3, 0.4) is 0 Å². The summed E-state index contributed by atoms with van der Waals surface area (Å²) in [6.45, 7) is 7.92. The Morgan fingerprint density at radius 2 is 2.14 bits per heavy atom. The monoisotopic (exact) mass is 307 g/mol. The van der Waals surface area contributed by atoms with E-state index in [1.807, 2.05) is 17.2 Å². The van der Waals surface area contributed by atoms with Gasteiger partial charge in [0.05, 0.1) is 22.9 Å². The van der Waals surface area contributed by atoms with E-state index in [0.717, 1.165) is 17.9 Å². The van der Waals surface area contributed by atoms with Gasteiger partial charge in [0.25, 0.3) is 0 Å². The molecule has 2 aromatic heterocycles. The minimum absolute atomic E-state index is 0.00544. The first-order valence-electron chi connectivity index (χ1n) is 7.14. The van der Waals surface area contributed by atoms with Gasteiger partial charge < -0.3 is 5.73 Å². The molecule has 21 heavy (non-hydrogen) atoms. The van der Waals surface area contributed by atoms with Crippen molar-refractivity contribution in [3.63, 3.8) is 0 Å². The molecule has 1 atom stereocenters. The summed E-state index contributed by atoms with van der Waals surface area (Å²) in [6, 6.07) is 0.148. The zero-order valence-electron chi connectivity index (χ0n) is 13.5. The summed E-state index contributed by atoms with van der Waals surface area (Å²) >= 11 is 1.62. The van der Waals surface area contributed by atoms with Crippen molar-refractivity contribution in [2.24, 2.45) is 12.8 Å². The van der Waals surface area contributed by atoms with Gasteiger partial charge in [-0.25, -0.2) is 4.98 Å². The molecule has 2 rings (SSSR count). The van der Waals surface area contributed by atoms with Crippen molar-refractivity contribution in [3.05, 3.63) is 34.0 Å². The minimum atomic E-state index is 0.00544. The summed E-state index contributed by atoms with van der Waals surface area (Å²) in [5.74, 6) is 0. The maximum Gasteiger partial charge on any atom is 0.0795 e. The molecule has 0 amide bonds. The van der Waals surface area contributed by atoms with E-state index in [1.54, 1.807) is 11.3 Å². The first-order chi connectivity index (χ1) is 9.82. The Morgan fingerprint density at radius 3 is 2.67 bits per heavy atom. The SMILES string of the molecule is CN(Cc1cscn1)C(CN)c1cn(C)nc1C(C)(C)C. The third-order valence-corrected chi connectivity index (χ3v) is 4.21. The van der Waals surface area contributed by atoms with E-state index < -0.39 is 0 Å². The summed E-state index contributed by atoms with van der Waals surface area (Å²) in [5, 5.41) is 6.73. The van der Waals surface area contributed by atoms with Crippen LogP contribution < -0.4 is 5.73 Å². The molecule has 0 saturated heterocycles. The molecule has 1 unspecified atom stereocenters. The molecule has 0 saturated carbocycles. The molecule has 6 heteroatoms. The first kappa shape index (κ1) is 16.1. The molecule has 0 aliphatic rings. The largest absolute Gasteiger partial charge is 0.329 e. The average molecular weight is 307 g/mol. The van der Waals surface area contributed by atoms with Gasteiger partial charge in [-0.15, -0.1) is 11.3 Å². The van der Waals surface area contributed by atoms with Crippen molar-refractivity contribution in [3.8, 4) is 0 Å². The van der Waals surface area contributed by atoms with E-state index in [9.17, 15) is 0 Å². The van der Waals surface area contributed by atoms with E-state index in [0.29, 0.717) is 6.54 Å². The molecule has 0 spiro atoms. The number of nitrogens with two attached hydrogens (primary N) is 1. The van der Waals surface area contributed by atoms with Gasteiger partial charge in [0.2, 0.25) is 0 Å². The van der Waals surface area contributed by atoms with Crippen LogP contribution >= 0.6 is 11.3 Å². The zero-order chi connectivity index (χ0) is 15.6. The average Bonchev–Trinajstić information content (AvgIpc) is 2.99. The third kappa shape index (κ3) is 3.70. The molecule has 0 radical (unpaired) electrons. The molecule has 0 aliphatic heterocycles. The van der Waals surface area contributed by atoms with Gasteiger partial charge in [-0.2, -0.15) is 5.10 Å². The highest BCUT2D eigenvalue weighted by molar-refractivity contribution is 7.07. The van der Waals surface area contributed by atoms with Crippen LogP contribution in [-0.4, -0.2) is 33.3 Å². The van der Waals surface area contributed by atoms with Crippen LogP contribution in [0.4, 0.5) is 0 Å². The number of hydrogen-bond donors (Lipinski definition) is 1. The number of aromatic nitrogens is 3. The van der Waals surface area contributed by atoms with Crippen molar-refractivity contribution >= 4 is 11.3 Å². The topological polar surface area (TPSA) is 60.0 Å².